The lowest BCUT2D eigenvalue weighted by atomic mass is 10.4. The van der Waals surface area contributed by atoms with E-state index in [0.717, 1.165) is 34.5 Å². The topological polar surface area (TPSA) is 29.0 Å². The fraction of sp³-hybridized carbons (Fsp3) is 0.455. The van der Waals surface area contributed by atoms with Crippen molar-refractivity contribution in [3.8, 4) is 0 Å². The molecule has 3 nitrogen and oxygen atoms in total. The van der Waals surface area contributed by atoms with Gasteiger partial charge in [0.2, 0.25) is 0 Å². The molecule has 0 aliphatic carbocycles. The van der Waals surface area contributed by atoms with Gasteiger partial charge in [-0.05, 0) is 14.0 Å². The van der Waals surface area contributed by atoms with Gasteiger partial charge in [0.1, 0.15) is 5.01 Å². The number of aryl methyl sites for hydroxylation is 1. The standard InChI is InChI=1S/C11H14ClN3S2/c1-8-13-10(7-16-8)4-15(2)5-11-14-9(3-12)6-17-11/h6-7H,3-5H2,1-2H3. The molecule has 2 rings (SSSR count). The summed E-state index contributed by atoms with van der Waals surface area (Å²) >= 11 is 9.09. The van der Waals surface area contributed by atoms with E-state index >= 15 is 0 Å². The van der Waals surface area contributed by atoms with E-state index in [0.29, 0.717) is 5.88 Å². The van der Waals surface area contributed by atoms with E-state index in [1.807, 2.05) is 12.3 Å². The van der Waals surface area contributed by atoms with Crippen molar-refractivity contribution in [1.82, 2.24) is 14.9 Å². The number of rotatable bonds is 5. The average Bonchev–Trinajstić information content (AvgIpc) is 2.88. The Kier molecular flexibility index (Phi) is 4.50. The van der Waals surface area contributed by atoms with Crippen LogP contribution in [-0.2, 0) is 19.0 Å². The Hall–Kier alpha value is -0.490. The van der Waals surface area contributed by atoms with E-state index in [1.165, 1.54) is 0 Å². The predicted octanol–water partition coefficient (Wildman–Crippen LogP) is 3.28. The fourth-order valence-electron chi connectivity index (χ4n) is 1.53. The van der Waals surface area contributed by atoms with Crippen molar-refractivity contribution < 1.29 is 0 Å². The first-order valence-corrected chi connectivity index (χ1v) is 7.55. The van der Waals surface area contributed by atoms with Gasteiger partial charge in [-0.3, -0.25) is 4.90 Å². The number of thiazole rings is 2. The molecule has 2 heterocycles. The van der Waals surface area contributed by atoms with Crippen LogP contribution in [0.2, 0.25) is 0 Å². The van der Waals surface area contributed by atoms with Crippen molar-refractivity contribution in [2.24, 2.45) is 0 Å². The summed E-state index contributed by atoms with van der Waals surface area (Å²) in [5.41, 5.74) is 2.09. The van der Waals surface area contributed by atoms with E-state index in [2.05, 4.69) is 27.3 Å². The van der Waals surface area contributed by atoms with Gasteiger partial charge in [-0.15, -0.1) is 34.3 Å². The third-order valence-corrected chi connectivity index (χ3v) is 4.22. The molecule has 0 aromatic carbocycles. The van der Waals surface area contributed by atoms with Crippen LogP contribution in [0.5, 0.6) is 0 Å². The van der Waals surface area contributed by atoms with Gasteiger partial charge in [0, 0.05) is 17.3 Å². The molecule has 0 unspecified atom stereocenters. The zero-order valence-electron chi connectivity index (χ0n) is 9.81. The lowest BCUT2D eigenvalue weighted by Crippen LogP contribution is -2.17. The monoisotopic (exact) mass is 287 g/mol. The molecule has 2 aromatic heterocycles. The smallest absolute Gasteiger partial charge is 0.107 e. The normalized spacial score (nSPS) is 11.3. The van der Waals surface area contributed by atoms with Crippen molar-refractivity contribution in [2.75, 3.05) is 7.05 Å². The second kappa shape index (κ2) is 5.91. The lowest BCUT2D eigenvalue weighted by molar-refractivity contribution is 0.315. The largest absolute Gasteiger partial charge is 0.294 e. The highest BCUT2D eigenvalue weighted by molar-refractivity contribution is 7.09. The van der Waals surface area contributed by atoms with Crippen molar-refractivity contribution in [3.63, 3.8) is 0 Å². The fourth-order valence-corrected chi connectivity index (χ4v) is 3.23. The number of alkyl halides is 1. The van der Waals surface area contributed by atoms with Crippen LogP contribution in [0, 0.1) is 6.92 Å². The molecule has 0 amide bonds. The Morgan fingerprint density at radius 2 is 1.94 bits per heavy atom. The summed E-state index contributed by atoms with van der Waals surface area (Å²) in [7, 11) is 2.08. The van der Waals surface area contributed by atoms with Crippen LogP contribution in [0.25, 0.3) is 0 Å². The highest BCUT2D eigenvalue weighted by Gasteiger charge is 2.07. The lowest BCUT2D eigenvalue weighted by Gasteiger charge is -2.12. The third kappa shape index (κ3) is 3.74. The van der Waals surface area contributed by atoms with Gasteiger partial charge in [0.25, 0.3) is 0 Å². The van der Waals surface area contributed by atoms with Crippen molar-refractivity contribution in [1.29, 1.82) is 0 Å². The summed E-state index contributed by atoms with van der Waals surface area (Å²) in [4.78, 5) is 11.1. The summed E-state index contributed by atoms with van der Waals surface area (Å²) in [5.74, 6) is 0.492. The molecule has 6 heteroatoms. The Labute approximate surface area is 114 Å². The second-order valence-corrected chi connectivity index (χ2v) is 6.17. The van der Waals surface area contributed by atoms with E-state index < -0.39 is 0 Å². The zero-order chi connectivity index (χ0) is 12.3. The quantitative estimate of drug-likeness (QED) is 0.790. The Balaban J connectivity index is 1.90. The highest BCUT2D eigenvalue weighted by atomic mass is 35.5. The SMILES string of the molecule is Cc1nc(CN(C)Cc2nc(CCl)cs2)cs1. The molecule has 0 bridgehead atoms. The van der Waals surface area contributed by atoms with Crippen LogP contribution in [0.3, 0.4) is 0 Å². The molecular weight excluding hydrogens is 274 g/mol. The van der Waals surface area contributed by atoms with Gasteiger partial charge in [0.05, 0.1) is 28.8 Å². The summed E-state index contributed by atoms with van der Waals surface area (Å²) in [5, 5.41) is 6.35. The second-order valence-electron chi connectivity index (χ2n) is 3.90. The molecule has 0 aliphatic heterocycles. The number of aromatic nitrogens is 2. The van der Waals surface area contributed by atoms with Crippen molar-refractivity contribution in [2.45, 2.75) is 25.9 Å². The Morgan fingerprint density at radius 3 is 2.53 bits per heavy atom. The maximum atomic E-state index is 5.73. The van der Waals surface area contributed by atoms with Crippen molar-refractivity contribution >= 4 is 34.3 Å². The average molecular weight is 288 g/mol. The first kappa shape index (κ1) is 13.0. The molecule has 0 fully saturated rings. The molecular formula is C11H14ClN3S2. The van der Waals surface area contributed by atoms with Gasteiger partial charge >= 0.3 is 0 Å². The molecule has 0 spiro atoms. The summed E-state index contributed by atoms with van der Waals surface area (Å²) < 4.78 is 0. The van der Waals surface area contributed by atoms with E-state index in [9.17, 15) is 0 Å². The molecule has 0 N–H and O–H groups in total. The number of hydrogen-bond acceptors (Lipinski definition) is 5. The van der Waals surface area contributed by atoms with E-state index in [4.69, 9.17) is 11.6 Å². The molecule has 0 aliphatic rings. The number of hydrogen-bond donors (Lipinski definition) is 0. The summed E-state index contributed by atoms with van der Waals surface area (Å²) in [6.07, 6.45) is 0. The maximum absolute atomic E-state index is 5.73. The molecule has 0 radical (unpaired) electrons. The summed E-state index contributed by atoms with van der Waals surface area (Å²) in [6.45, 7) is 3.74. The van der Waals surface area contributed by atoms with E-state index in [1.54, 1.807) is 22.7 Å². The Morgan fingerprint density at radius 1 is 1.18 bits per heavy atom. The number of nitrogens with zero attached hydrogens (tertiary/aromatic N) is 3. The third-order valence-electron chi connectivity index (χ3n) is 2.24. The molecule has 92 valence electrons. The molecule has 0 saturated carbocycles. The molecule has 0 saturated heterocycles. The minimum absolute atomic E-state index is 0.492. The molecule has 0 atom stereocenters. The molecule has 17 heavy (non-hydrogen) atoms. The first-order valence-electron chi connectivity index (χ1n) is 5.26. The maximum Gasteiger partial charge on any atom is 0.107 e. The van der Waals surface area contributed by atoms with Gasteiger partial charge in [0.15, 0.2) is 0 Å². The van der Waals surface area contributed by atoms with Crippen LogP contribution < -0.4 is 0 Å². The minimum atomic E-state index is 0.492. The minimum Gasteiger partial charge on any atom is -0.294 e. The van der Waals surface area contributed by atoms with Crippen LogP contribution in [0.4, 0.5) is 0 Å². The van der Waals surface area contributed by atoms with Crippen LogP contribution in [0.1, 0.15) is 21.4 Å². The van der Waals surface area contributed by atoms with Crippen molar-refractivity contribution in [3.05, 3.63) is 32.2 Å². The van der Waals surface area contributed by atoms with Crippen LogP contribution in [-0.4, -0.2) is 21.9 Å². The van der Waals surface area contributed by atoms with Crippen LogP contribution in [0.15, 0.2) is 10.8 Å². The predicted molar refractivity (Wildman–Crippen MR) is 73.7 cm³/mol. The highest BCUT2D eigenvalue weighted by Crippen LogP contribution is 2.15. The van der Waals surface area contributed by atoms with Gasteiger partial charge < -0.3 is 0 Å². The molecule has 2 aromatic rings. The zero-order valence-corrected chi connectivity index (χ0v) is 12.2. The summed E-state index contributed by atoms with van der Waals surface area (Å²) in [6, 6.07) is 0. The van der Waals surface area contributed by atoms with Gasteiger partial charge in [-0.2, -0.15) is 0 Å². The van der Waals surface area contributed by atoms with Gasteiger partial charge in [-0.1, -0.05) is 0 Å². The van der Waals surface area contributed by atoms with E-state index in [-0.39, 0.29) is 0 Å². The van der Waals surface area contributed by atoms with Crippen LogP contribution >= 0.6 is 34.3 Å². The van der Waals surface area contributed by atoms with Gasteiger partial charge in [-0.25, -0.2) is 9.97 Å². The number of halogens is 1. The first-order chi connectivity index (χ1) is 8.17. The Bertz CT molecular complexity index is 481.